The summed E-state index contributed by atoms with van der Waals surface area (Å²) in [6.45, 7) is 3.32. The number of aromatic nitrogens is 2. The van der Waals surface area contributed by atoms with Crippen LogP contribution in [0.5, 0.6) is 0 Å². The molecule has 10 heteroatoms. The number of phosphoric ester groups is 1. The summed E-state index contributed by atoms with van der Waals surface area (Å²) >= 11 is 0. The van der Waals surface area contributed by atoms with Gasteiger partial charge in [0.05, 0.1) is 18.3 Å². The van der Waals surface area contributed by atoms with Crippen molar-refractivity contribution in [3.8, 4) is 12.3 Å². The van der Waals surface area contributed by atoms with Gasteiger partial charge in [-0.2, -0.15) is 4.98 Å². The van der Waals surface area contributed by atoms with Crippen molar-refractivity contribution in [1.29, 1.82) is 0 Å². The second-order valence-electron chi connectivity index (χ2n) is 5.43. The average Bonchev–Trinajstić information content (AvgIpc) is 2.83. The maximum atomic E-state index is 12.5. The number of rotatable bonds is 3. The molecule has 2 unspecified atom stereocenters. The van der Waals surface area contributed by atoms with Crippen LogP contribution in [0.25, 0.3) is 0 Å². The Labute approximate surface area is 138 Å². The molecular formula is C14H16N3O6P. The summed E-state index contributed by atoms with van der Waals surface area (Å²) in [4.78, 5) is 15.7. The van der Waals surface area contributed by atoms with Crippen LogP contribution >= 0.6 is 7.82 Å². The van der Waals surface area contributed by atoms with Crippen molar-refractivity contribution in [3.63, 3.8) is 0 Å². The summed E-state index contributed by atoms with van der Waals surface area (Å²) in [5.41, 5.74) is 5.07. The number of terminal acetylenes is 1. The molecule has 2 aliphatic rings. The number of nitrogens with zero attached hydrogens (tertiary/aromatic N) is 2. The number of ether oxygens (including phenoxy) is 1. The van der Waals surface area contributed by atoms with Gasteiger partial charge in [-0.25, -0.2) is 9.36 Å². The van der Waals surface area contributed by atoms with Crippen LogP contribution < -0.4 is 11.4 Å². The van der Waals surface area contributed by atoms with Crippen LogP contribution in [0.4, 0.5) is 5.82 Å². The molecule has 1 aromatic heterocycles. The van der Waals surface area contributed by atoms with Gasteiger partial charge in [0.25, 0.3) is 0 Å². The molecule has 1 saturated heterocycles. The molecule has 0 bridgehead atoms. The average molecular weight is 353 g/mol. The molecule has 9 nitrogen and oxygen atoms in total. The third-order valence-electron chi connectivity index (χ3n) is 3.29. The van der Waals surface area contributed by atoms with Crippen LogP contribution in [0.1, 0.15) is 20.1 Å². The number of hydrogen-bond donors (Lipinski definition) is 1. The van der Waals surface area contributed by atoms with Gasteiger partial charge in [0.1, 0.15) is 11.9 Å². The smallest absolute Gasteiger partial charge is 0.404 e. The topological polar surface area (TPSA) is 115 Å². The van der Waals surface area contributed by atoms with E-state index in [0.717, 1.165) is 0 Å². The van der Waals surface area contributed by atoms with Gasteiger partial charge in [0.2, 0.25) is 0 Å². The first-order valence-electron chi connectivity index (χ1n) is 7.16. The van der Waals surface area contributed by atoms with Crippen molar-refractivity contribution in [2.24, 2.45) is 0 Å². The monoisotopic (exact) mass is 353 g/mol. The molecule has 3 atom stereocenters. The third-order valence-corrected chi connectivity index (χ3v) is 4.86. The van der Waals surface area contributed by atoms with Gasteiger partial charge < -0.3 is 15.0 Å². The molecule has 0 spiro atoms. The Morgan fingerprint density at radius 1 is 1.58 bits per heavy atom. The second kappa shape index (κ2) is 6.07. The zero-order valence-corrected chi connectivity index (χ0v) is 13.9. The molecule has 3 heterocycles. The molecule has 0 saturated carbocycles. The minimum absolute atomic E-state index is 0.0713. The van der Waals surface area contributed by atoms with Crippen LogP contribution in [0.3, 0.4) is 0 Å². The van der Waals surface area contributed by atoms with Gasteiger partial charge in [-0.05, 0) is 19.9 Å². The van der Waals surface area contributed by atoms with E-state index >= 15 is 0 Å². The van der Waals surface area contributed by atoms with E-state index in [9.17, 15) is 9.36 Å². The van der Waals surface area contributed by atoms with Gasteiger partial charge in [0.15, 0.2) is 12.0 Å². The summed E-state index contributed by atoms with van der Waals surface area (Å²) in [6.07, 6.45) is 4.95. The second-order valence-corrected chi connectivity index (χ2v) is 6.98. The van der Waals surface area contributed by atoms with E-state index < -0.39 is 25.8 Å². The quantitative estimate of drug-likeness (QED) is 0.636. The predicted octanol–water partition coefficient (Wildman–Crippen LogP) is 1.19. The maximum Gasteiger partial charge on any atom is 0.530 e. The molecule has 3 rings (SSSR count). The molecule has 2 N–H and O–H groups in total. The summed E-state index contributed by atoms with van der Waals surface area (Å²) in [5.74, 6) is 2.67. The Kier molecular flexibility index (Phi) is 4.24. The molecule has 128 valence electrons. The van der Waals surface area contributed by atoms with E-state index in [1.807, 2.05) is 0 Å². The minimum atomic E-state index is -3.78. The lowest BCUT2D eigenvalue weighted by atomic mass is 10.2. The van der Waals surface area contributed by atoms with E-state index in [1.54, 1.807) is 13.8 Å². The highest BCUT2D eigenvalue weighted by atomic mass is 31.2. The number of nitrogens with two attached hydrogens (primary N) is 1. The van der Waals surface area contributed by atoms with Crippen molar-refractivity contribution in [2.45, 2.75) is 32.3 Å². The lowest BCUT2D eigenvalue weighted by molar-refractivity contribution is -0.0472. The van der Waals surface area contributed by atoms with E-state index in [0.29, 0.717) is 0 Å². The Balaban J connectivity index is 1.98. The Bertz CT molecular complexity index is 840. The van der Waals surface area contributed by atoms with E-state index in [-0.39, 0.29) is 29.9 Å². The predicted molar refractivity (Wildman–Crippen MR) is 83.5 cm³/mol. The zero-order chi connectivity index (χ0) is 17.5. The van der Waals surface area contributed by atoms with Crippen molar-refractivity contribution >= 4 is 13.6 Å². The standard InChI is InChI=1S/C14H16N3O6P/c1-4-9-12-10(7-20-24(19,23-12)22-8(2)3)21-13(9)17-6-5-11(15)16-14(17)18/h1,5-6,8,10,13H,7H2,2-3H3,(H2,15,16,18)/t10-,13?,24?/m1/s1. The number of anilines is 1. The van der Waals surface area contributed by atoms with Crippen molar-refractivity contribution in [1.82, 2.24) is 9.55 Å². The Morgan fingerprint density at radius 2 is 2.33 bits per heavy atom. The van der Waals surface area contributed by atoms with Crippen LogP contribution in [-0.4, -0.2) is 28.4 Å². The van der Waals surface area contributed by atoms with E-state index in [2.05, 4.69) is 10.9 Å². The number of hydrogen-bond acceptors (Lipinski definition) is 8. The lowest BCUT2D eigenvalue weighted by Crippen LogP contribution is -2.30. The van der Waals surface area contributed by atoms with Crippen molar-refractivity contribution in [2.75, 3.05) is 12.3 Å². The fraction of sp³-hybridized carbons (Fsp3) is 0.429. The van der Waals surface area contributed by atoms with Crippen LogP contribution in [0, 0.1) is 12.3 Å². The fourth-order valence-electron chi connectivity index (χ4n) is 2.37. The molecular weight excluding hydrogens is 337 g/mol. The van der Waals surface area contributed by atoms with Crippen LogP contribution in [0.15, 0.2) is 28.4 Å². The molecule has 0 amide bonds. The Hall–Kier alpha value is -2.11. The number of fused-ring (bicyclic) bond motifs is 1. The third kappa shape index (κ3) is 2.97. The zero-order valence-electron chi connectivity index (χ0n) is 13.0. The first-order valence-corrected chi connectivity index (χ1v) is 8.62. The first kappa shape index (κ1) is 16.7. The molecule has 0 aromatic carbocycles. The lowest BCUT2D eigenvalue weighted by Gasteiger charge is -2.28. The normalized spacial score (nSPS) is 29.2. The minimum Gasteiger partial charge on any atom is -0.404 e. The van der Waals surface area contributed by atoms with Gasteiger partial charge >= 0.3 is 13.5 Å². The van der Waals surface area contributed by atoms with E-state index in [4.69, 9.17) is 30.5 Å². The number of phosphoric acid groups is 1. The molecule has 0 radical (unpaired) electrons. The molecule has 2 aliphatic heterocycles. The van der Waals surface area contributed by atoms with Crippen molar-refractivity contribution in [3.05, 3.63) is 34.1 Å². The largest absolute Gasteiger partial charge is 0.530 e. The molecule has 24 heavy (non-hydrogen) atoms. The van der Waals surface area contributed by atoms with Gasteiger partial charge in [-0.1, -0.05) is 5.92 Å². The van der Waals surface area contributed by atoms with Crippen LogP contribution in [0.2, 0.25) is 0 Å². The summed E-state index contributed by atoms with van der Waals surface area (Å²) in [7, 11) is -3.78. The van der Waals surface area contributed by atoms with Crippen molar-refractivity contribution < 1.29 is 22.9 Å². The highest BCUT2D eigenvalue weighted by Gasteiger charge is 2.47. The number of nitrogen functional groups attached to an aromatic ring is 1. The van der Waals surface area contributed by atoms with Gasteiger partial charge in [-0.15, -0.1) is 6.42 Å². The van der Waals surface area contributed by atoms with Gasteiger partial charge in [0, 0.05) is 6.20 Å². The SMILES string of the molecule is C#CC1=C2OP(=O)(OC(C)C)OC[C@H]2OC1n1ccc(N)nc1=O. The summed E-state index contributed by atoms with van der Waals surface area (Å²) in [5, 5.41) is 0. The molecule has 1 fully saturated rings. The molecule has 0 aliphatic carbocycles. The summed E-state index contributed by atoms with van der Waals surface area (Å²) < 4.78 is 35.2. The highest BCUT2D eigenvalue weighted by molar-refractivity contribution is 7.48. The van der Waals surface area contributed by atoms with E-state index in [1.165, 1.54) is 16.8 Å². The Morgan fingerprint density at radius 3 is 2.96 bits per heavy atom. The first-order chi connectivity index (χ1) is 11.3. The summed E-state index contributed by atoms with van der Waals surface area (Å²) in [6, 6.07) is 1.44. The van der Waals surface area contributed by atoms with Crippen LogP contribution in [-0.2, 0) is 22.9 Å². The molecule has 1 aromatic rings. The maximum absolute atomic E-state index is 12.5. The van der Waals surface area contributed by atoms with Gasteiger partial charge in [-0.3, -0.25) is 13.6 Å². The highest BCUT2D eigenvalue weighted by Crippen LogP contribution is 2.58. The fourth-order valence-corrected chi connectivity index (χ4v) is 3.82.